The van der Waals surface area contributed by atoms with Gasteiger partial charge in [-0.05, 0) is 5.56 Å². The Balaban J connectivity index is 0.00000196. The lowest BCUT2D eigenvalue weighted by Crippen LogP contribution is -2.15. The summed E-state index contributed by atoms with van der Waals surface area (Å²) in [4.78, 5) is 21.2. The molecule has 1 rings (SSSR count). The highest BCUT2D eigenvalue weighted by molar-refractivity contribution is 5.82. The summed E-state index contributed by atoms with van der Waals surface area (Å²) in [5, 5.41) is 17.3. The molecule has 0 aromatic heterocycles. The summed E-state index contributed by atoms with van der Waals surface area (Å²) >= 11 is 0. The van der Waals surface area contributed by atoms with Crippen molar-refractivity contribution in [2.45, 2.75) is 19.8 Å². The maximum absolute atomic E-state index is 10.8. The van der Waals surface area contributed by atoms with Crippen molar-refractivity contribution in [1.29, 1.82) is 0 Å². The van der Waals surface area contributed by atoms with Crippen molar-refractivity contribution in [3.8, 4) is 0 Å². The van der Waals surface area contributed by atoms with Gasteiger partial charge in [-0.3, -0.25) is 9.59 Å². The summed E-state index contributed by atoms with van der Waals surface area (Å²) in [6.07, 6.45) is -0.390. The minimum absolute atomic E-state index is 0. The average Bonchev–Trinajstić information content (AvgIpc) is 2.15. The molecule has 0 saturated heterocycles. The van der Waals surface area contributed by atoms with Gasteiger partial charge in [-0.1, -0.05) is 37.8 Å². The first-order valence-electron chi connectivity index (χ1n) is 4.11. The quantitative estimate of drug-likeness (QED) is 0.796. The van der Waals surface area contributed by atoms with Gasteiger partial charge in [-0.25, -0.2) is 0 Å². The highest BCUT2D eigenvalue weighted by Gasteiger charge is 2.22. The van der Waals surface area contributed by atoms with Crippen LogP contribution in [0.2, 0.25) is 0 Å². The molecule has 0 heterocycles. The maximum atomic E-state index is 10.8. The second kappa shape index (κ2) is 5.80. The van der Waals surface area contributed by atoms with Crippen LogP contribution in [0.5, 0.6) is 0 Å². The lowest BCUT2D eigenvalue weighted by atomic mass is 9.96. The molecule has 0 fully saturated rings. The van der Waals surface area contributed by atoms with Crippen molar-refractivity contribution in [3.63, 3.8) is 0 Å². The van der Waals surface area contributed by atoms with E-state index in [2.05, 4.69) is 0 Å². The first-order chi connectivity index (χ1) is 6.61. The van der Waals surface area contributed by atoms with E-state index >= 15 is 0 Å². The molecule has 2 N–H and O–H groups in total. The molecule has 1 aromatic rings. The number of carbonyl (C=O) groups is 2. The van der Waals surface area contributed by atoms with E-state index in [4.69, 9.17) is 10.2 Å². The third-order valence-electron chi connectivity index (χ3n) is 1.88. The molecule has 0 spiro atoms. The van der Waals surface area contributed by atoms with Gasteiger partial charge < -0.3 is 10.2 Å². The van der Waals surface area contributed by atoms with E-state index < -0.39 is 17.9 Å². The number of hydrogen-bond donors (Lipinski definition) is 2. The number of rotatable bonds is 4. The van der Waals surface area contributed by atoms with Crippen molar-refractivity contribution in [2.75, 3.05) is 0 Å². The predicted octanol–water partition coefficient (Wildman–Crippen LogP) is 1.97. The van der Waals surface area contributed by atoms with Crippen molar-refractivity contribution >= 4 is 11.9 Å². The standard InChI is InChI=1S/C10H10O4.CH4/c11-9(12)6-8(10(13)14)7-4-2-1-3-5-7;/h1-5,8H,6H2,(H,11,12)(H,13,14);1H4/t8-;/m1./s1. The molecule has 4 heteroatoms. The number of hydrogen-bond acceptors (Lipinski definition) is 2. The molecule has 0 bridgehead atoms. The van der Waals surface area contributed by atoms with Crippen molar-refractivity contribution in [2.24, 2.45) is 0 Å². The van der Waals surface area contributed by atoms with E-state index in [0.29, 0.717) is 5.56 Å². The molecule has 1 atom stereocenters. The molecule has 0 aliphatic rings. The van der Waals surface area contributed by atoms with Gasteiger partial charge in [0.25, 0.3) is 0 Å². The molecule has 0 saturated carbocycles. The lowest BCUT2D eigenvalue weighted by Gasteiger charge is -2.09. The third kappa shape index (κ3) is 3.81. The molecule has 82 valence electrons. The van der Waals surface area contributed by atoms with Gasteiger partial charge in [0.1, 0.15) is 0 Å². The van der Waals surface area contributed by atoms with E-state index in [0.717, 1.165) is 0 Å². The molecule has 4 nitrogen and oxygen atoms in total. The van der Waals surface area contributed by atoms with Crippen molar-refractivity contribution in [3.05, 3.63) is 35.9 Å². The lowest BCUT2D eigenvalue weighted by molar-refractivity contribution is -0.145. The zero-order valence-electron chi connectivity index (χ0n) is 7.38. The number of carboxylic acid groups (broad SMARTS) is 2. The maximum Gasteiger partial charge on any atom is 0.311 e. The molecule has 15 heavy (non-hydrogen) atoms. The second-order valence-corrected chi connectivity index (χ2v) is 2.90. The molecule has 0 amide bonds. The smallest absolute Gasteiger partial charge is 0.311 e. The van der Waals surface area contributed by atoms with Crippen LogP contribution in [0.1, 0.15) is 25.3 Å². The topological polar surface area (TPSA) is 74.6 Å². The SMILES string of the molecule is C.O=C(O)C[C@@H](C(=O)O)c1ccccc1. The van der Waals surface area contributed by atoms with E-state index in [9.17, 15) is 9.59 Å². The Kier molecular flexibility index (Phi) is 5.09. The van der Waals surface area contributed by atoms with Crippen LogP contribution in [0.3, 0.4) is 0 Å². The predicted molar refractivity (Wildman–Crippen MR) is 55.8 cm³/mol. The van der Waals surface area contributed by atoms with Crippen LogP contribution in [-0.2, 0) is 9.59 Å². The first kappa shape index (κ1) is 13.2. The van der Waals surface area contributed by atoms with Crippen LogP contribution in [0.25, 0.3) is 0 Å². The summed E-state index contributed by atoms with van der Waals surface area (Å²) in [7, 11) is 0. The summed E-state index contributed by atoms with van der Waals surface area (Å²) in [5.74, 6) is -3.19. The average molecular weight is 210 g/mol. The minimum Gasteiger partial charge on any atom is -0.481 e. The van der Waals surface area contributed by atoms with Crippen LogP contribution < -0.4 is 0 Å². The van der Waals surface area contributed by atoms with Crippen molar-refractivity contribution < 1.29 is 19.8 Å². The van der Waals surface area contributed by atoms with Gasteiger partial charge in [0, 0.05) is 0 Å². The van der Waals surface area contributed by atoms with E-state index in [-0.39, 0.29) is 13.8 Å². The van der Waals surface area contributed by atoms with E-state index in [1.165, 1.54) is 0 Å². The molecular weight excluding hydrogens is 196 g/mol. The first-order valence-corrected chi connectivity index (χ1v) is 4.11. The molecule has 0 unspecified atom stereocenters. The third-order valence-corrected chi connectivity index (χ3v) is 1.88. The number of benzene rings is 1. The summed E-state index contributed by atoms with van der Waals surface area (Å²) < 4.78 is 0. The Morgan fingerprint density at radius 2 is 1.67 bits per heavy atom. The van der Waals surface area contributed by atoms with Gasteiger partial charge >= 0.3 is 11.9 Å². The van der Waals surface area contributed by atoms with Crippen LogP contribution in [-0.4, -0.2) is 22.2 Å². The highest BCUT2D eigenvalue weighted by atomic mass is 16.4. The number of carboxylic acids is 2. The monoisotopic (exact) mass is 210 g/mol. The zero-order valence-corrected chi connectivity index (χ0v) is 7.38. The minimum atomic E-state index is -1.11. The Bertz CT molecular complexity index is 332. The van der Waals surface area contributed by atoms with Crippen LogP contribution in [0.4, 0.5) is 0 Å². The largest absolute Gasteiger partial charge is 0.481 e. The van der Waals surface area contributed by atoms with E-state index in [1.54, 1.807) is 30.3 Å². The Labute approximate surface area is 88.2 Å². The Hall–Kier alpha value is -1.84. The van der Waals surface area contributed by atoms with Gasteiger partial charge in [0.15, 0.2) is 0 Å². The fraction of sp³-hybridized carbons (Fsp3) is 0.273. The van der Waals surface area contributed by atoms with Gasteiger partial charge in [-0.2, -0.15) is 0 Å². The van der Waals surface area contributed by atoms with Crippen LogP contribution >= 0.6 is 0 Å². The Morgan fingerprint density at radius 3 is 2.07 bits per heavy atom. The zero-order chi connectivity index (χ0) is 10.6. The molecule has 0 radical (unpaired) electrons. The molecule has 0 aliphatic heterocycles. The second-order valence-electron chi connectivity index (χ2n) is 2.90. The van der Waals surface area contributed by atoms with Gasteiger partial charge in [-0.15, -0.1) is 0 Å². The Morgan fingerprint density at radius 1 is 1.13 bits per heavy atom. The number of aliphatic carboxylic acids is 2. The normalized spacial score (nSPS) is 11.2. The summed E-state index contributed by atoms with van der Waals surface area (Å²) in [5.41, 5.74) is 0.516. The van der Waals surface area contributed by atoms with Crippen LogP contribution in [0.15, 0.2) is 30.3 Å². The highest BCUT2D eigenvalue weighted by Crippen LogP contribution is 2.19. The molecule has 1 aromatic carbocycles. The van der Waals surface area contributed by atoms with Gasteiger partial charge in [0.2, 0.25) is 0 Å². The van der Waals surface area contributed by atoms with E-state index in [1.807, 2.05) is 0 Å². The summed E-state index contributed by atoms with van der Waals surface area (Å²) in [6, 6.07) is 8.35. The molecule has 0 aliphatic carbocycles. The molecular formula is C11H14O4. The fourth-order valence-electron chi connectivity index (χ4n) is 1.21. The fourth-order valence-corrected chi connectivity index (χ4v) is 1.21. The van der Waals surface area contributed by atoms with Gasteiger partial charge in [0.05, 0.1) is 12.3 Å². The summed E-state index contributed by atoms with van der Waals surface area (Å²) in [6.45, 7) is 0. The van der Waals surface area contributed by atoms with Crippen LogP contribution in [0, 0.1) is 0 Å². The van der Waals surface area contributed by atoms with Crippen molar-refractivity contribution in [1.82, 2.24) is 0 Å².